The van der Waals surface area contributed by atoms with E-state index in [0.29, 0.717) is 25.9 Å². The summed E-state index contributed by atoms with van der Waals surface area (Å²) in [6.07, 6.45) is 1.04. The van der Waals surface area contributed by atoms with Gasteiger partial charge in [0.05, 0.1) is 0 Å². The highest BCUT2D eigenvalue weighted by Crippen LogP contribution is 2.29. The summed E-state index contributed by atoms with van der Waals surface area (Å²) in [4.78, 5) is 13.6. The summed E-state index contributed by atoms with van der Waals surface area (Å²) >= 11 is 0. The molecule has 0 aromatic heterocycles. The average Bonchev–Trinajstić information content (AvgIpc) is 2.61. The maximum Gasteiger partial charge on any atom is 0.410 e. The van der Waals surface area contributed by atoms with E-state index in [0.717, 1.165) is 0 Å². The van der Waals surface area contributed by atoms with Gasteiger partial charge >= 0.3 is 6.09 Å². The van der Waals surface area contributed by atoms with Gasteiger partial charge in [-0.25, -0.2) is 4.79 Å². The third-order valence-electron chi connectivity index (χ3n) is 3.23. The predicted octanol–water partition coefficient (Wildman–Crippen LogP) is 1.23. The van der Waals surface area contributed by atoms with Crippen molar-refractivity contribution in [3.05, 3.63) is 0 Å². The van der Waals surface area contributed by atoms with Crippen molar-refractivity contribution in [2.45, 2.75) is 39.2 Å². The van der Waals surface area contributed by atoms with Gasteiger partial charge in [-0.2, -0.15) is 0 Å². The first-order chi connectivity index (χ1) is 8.37. The molecule has 1 amide bonds. The van der Waals surface area contributed by atoms with Crippen molar-refractivity contribution < 1.29 is 19.7 Å². The van der Waals surface area contributed by atoms with E-state index >= 15 is 0 Å². The van der Waals surface area contributed by atoms with E-state index in [1.54, 1.807) is 4.90 Å². The van der Waals surface area contributed by atoms with Crippen LogP contribution in [0.25, 0.3) is 0 Å². The molecule has 0 spiro atoms. The molecule has 5 heteroatoms. The van der Waals surface area contributed by atoms with Crippen LogP contribution in [0, 0.1) is 11.8 Å². The number of hydrogen-bond donors (Lipinski definition) is 2. The summed E-state index contributed by atoms with van der Waals surface area (Å²) in [5.41, 5.74) is -0.487. The monoisotopic (exact) mass is 259 g/mol. The van der Waals surface area contributed by atoms with Crippen molar-refractivity contribution >= 4 is 6.09 Å². The van der Waals surface area contributed by atoms with Crippen LogP contribution in [0.1, 0.15) is 33.6 Å². The van der Waals surface area contributed by atoms with Gasteiger partial charge in [0.2, 0.25) is 0 Å². The normalized spacial score (nSPS) is 24.4. The van der Waals surface area contributed by atoms with Crippen LogP contribution in [0.2, 0.25) is 0 Å². The second-order valence-electron chi connectivity index (χ2n) is 5.93. The molecule has 1 rings (SSSR count). The maximum absolute atomic E-state index is 11.9. The van der Waals surface area contributed by atoms with Gasteiger partial charge in [0, 0.05) is 26.3 Å². The van der Waals surface area contributed by atoms with E-state index in [1.165, 1.54) is 0 Å². The lowest BCUT2D eigenvalue weighted by atomic mass is 9.91. The topological polar surface area (TPSA) is 70.0 Å². The zero-order valence-corrected chi connectivity index (χ0v) is 11.6. The summed E-state index contributed by atoms with van der Waals surface area (Å²) < 4.78 is 5.34. The molecular formula is C13H25NO4. The van der Waals surface area contributed by atoms with Crippen LogP contribution < -0.4 is 0 Å². The van der Waals surface area contributed by atoms with E-state index in [4.69, 9.17) is 14.9 Å². The Balaban J connectivity index is 2.56. The third-order valence-corrected chi connectivity index (χ3v) is 3.23. The van der Waals surface area contributed by atoms with Gasteiger partial charge in [-0.3, -0.25) is 0 Å². The zero-order chi connectivity index (χ0) is 13.8. The van der Waals surface area contributed by atoms with E-state index in [-0.39, 0.29) is 31.1 Å². The summed E-state index contributed by atoms with van der Waals surface area (Å²) in [5, 5.41) is 18.1. The Hall–Kier alpha value is -0.810. The SMILES string of the molecule is CC(C)(C)OC(=O)N1C[C@@H](CCO)[C@@H](CCO)C1. The number of rotatable bonds is 4. The Morgan fingerprint density at radius 2 is 1.61 bits per heavy atom. The fourth-order valence-electron chi connectivity index (χ4n) is 2.40. The lowest BCUT2D eigenvalue weighted by Crippen LogP contribution is -2.35. The molecule has 2 atom stereocenters. The number of hydrogen-bond acceptors (Lipinski definition) is 4. The molecule has 1 aliphatic rings. The quantitative estimate of drug-likeness (QED) is 0.797. The Morgan fingerprint density at radius 1 is 1.17 bits per heavy atom. The zero-order valence-electron chi connectivity index (χ0n) is 11.6. The minimum Gasteiger partial charge on any atom is -0.444 e. The highest BCUT2D eigenvalue weighted by molar-refractivity contribution is 5.68. The van der Waals surface area contributed by atoms with Crippen molar-refractivity contribution in [2.24, 2.45) is 11.8 Å². The van der Waals surface area contributed by atoms with E-state index in [9.17, 15) is 4.79 Å². The molecular weight excluding hydrogens is 234 g/mol. The number of aliphatic hydroxyl groups is 2. The summed E-state index contributed by atoms with van der Waals surface area (Å²) in [6.45, 7) is 7.00. The molecule has 0 saturated carbocycles. The Morgan fingerprint density at radius 3 is 1.94 bits per heavy atom. The lowest BCUT2D eigenvalue weighted by Gasteiger charge is -2.24. The van der Waals surface area contributed by atoms with Crippen LogP contribution in [0.3, 0.4) is 0 Å². The molecule has 0 bridgehead atoms. The standard InChI is InChI=1S/C13H25NO4/c1-13(2,3)18-12(17)14-8-10(4-6-15)11(9-14)5-7-16/h10-11,15-16H,4-9H2,1-3H3/t10-,11+. The molecule has 106 valence electrons. The van der Waals surface area contributed by atoms with E-state index in [2.05, 4.69) is 0 Å². The number of nitrogens with zero attached hydrogens (tertiary/aromatic N) is 1. The Labute approximate surface area is 109 Å². The minimum atomic E-state index is -0.487. The summed E-state index contributed by atoms with van der Waals surface area (Å²) in [6, 6.07) is 0. The van der Waals surface area contributed by atoms with Crippen molar-refractivity contribution in [1.29, 1.82) is 0 Å². The average molecular weight is 259 g/mol. The fraction of sp³-hybridized carbons (Fsp3) is 0.923. The summed E-state index contributed by atoms with van der Waals surface area (Å²) in [7, 11) is 0. The van der Waals surface area contributed by atoms with Gasteiger partial charge in [-0.1, -0.05) is 0 Å². The largest absolute Gasteiger partial charge is 0.444 e. The van der Waals surface area contributed by atoms with Crippen molar-refractivity contribution in [2.75, 3.05) is 26.3 Å². The fourth-order valence-corrected chi connectivity index (χ4v) is 2.40. The van der Waals surface area contributed by atoms with Gasteiger partial charge in [-0.15, -0.1) is 0 Å². The molecule has 1 heterocycles. The highest BCUT2D eigenvalue weighted by atomic mass is 16.6. The first kappa shape index (κ1) is 15.2. The number of aliphatic hydroxyl groups excluding tert-OH is 2. The third kappa shape index (κ3) is 4.46. The lowest BCUT2D eigenvalue weighted by molar-refractivity contribution is 0.0281. The first-order valence-corrected chi connectivity index (χ1v) is 6.57. The number of carbonyl (C=O) groups is 1. The molecule has 0 radical (unpaired) electrons. The van der Waals surface area contributed by atoms with Crippen molar-refractivity contribution in [3.63, 3.8) is 0 Å². The van der Waals surface area contributed by atoms with Gasteiger partial charge in [0.1, 0.15) is 5.60 Å². The van der Waals surface area contributed by atoms with Gasteiger partial charge in [0.15, 0.2) is 0 Å². The molecule has 5 nitrogen and oxygen atoms in total. The molecule has 0 unspecified atom stereocenters. The smallest absolute Gasteiger partial charge is 0.410 e. The number of carbonyl (C=O) groups excluding carboxylic acids is 1. The van der Waals surface area contributed by atoms with E-state index in [1.807, 2.05) is 20.8 Å². The van der Waals surface area contributed by atoms with Crippen molar-refractivity contribution in [1.82, 2.24) is 4.90 Å². The van der Waals surface area contributed by atoms with Crippen LogP contribution in [0.5, 0.6) is 0 Å². The van der Waals surface area contributed by atoms with Crippen molar-refractivity contribution in [3.8, 4) is 0 Å². The van der Waals surface area contributed by atoms with Crippen LogP contribution >= 0.6 is 0 Å². The second kappa shape index (κ2) is 6.38. The number of ether oxygens (including phenoxy) is 1. The highest BCUT2D eigenvalue weighted by Gasteiger charge is 2.36. The van der Waals surface area contributed by atoms with Gasteiger partial charge < -0.3 is 19.8 Å². The molecule has 1 saturated heterocycles. The predicted molar refractivity (Wildman–Crippen MR) is 68.2 cm³/mol. The number of amides is 1. The molecule has 0 aromatic rings. The Bertz CT molecular complexity index is 261. The van der Waals surface area contributed by atoms with Gasteiger partial charge in [0.25, 0.3) is 0 Å². The maximum atomic E-state index is 11.9. The molecule has 0 aliphatic carbocycles. The van der Waals surface area contributed by atoms with Crippen LogP contribution in [-0.4, -0.2) is 53.1 Å². The van der Waals surface area contributed by atoms with Crippen LogP contribution in [-0.2, 0) is 4.74 Å². The van der Waals surface area contributed by atoms with Crippen LogP contribution in [0.15, 0.2) is 0 Å². The van der Waals surface area contributed by atoms with E-state index < -0.39 is 5.60 Å². The summed E-state index contributed by atoms with van der Waals surface area (Å²) in [5.74, 6) is 0.518. The first-order valence-electron chi connectivity index (χ1n) is 6.57. The molecule has 1 fully saturated rings. The van der Waals surface area contributed by atoms with Crippen LogP contribution in [0.4, 0.5) is 4.79 Å². The molecule has 18 heavy (non-hydrogen) atoms. The Kier molecular flexibility index (Phi) is 5.41. The van der Waals surface area contributed by atoms with Gasteiger partial charge in [-0.05, 0) is 45.4 Å². The molecule has 1 aliphatic heterocycles. The second-order valence-corrected chi connectivity index (χ2v) is 5.93. The molecule has 0 aromatic carbocycles. The molecule has 2 N–H and O–H groups in total. The number of likely N-dealkylation sites (tertiary alicyclic amines) is 1. The minimum absolute atomic E-state index is 0.120.